The van der Waals surface area contributed by atoms with Gasteiger partial charge in [0.25, 0.3) is 5.56 Å². The maximum Gasteiger partial charge on any atom is 0.298 e. The van der Waals surface area contributed by atoms with Gasteiger partial charge in [-0.3, -0.25) is 9.36 Å². The van der Waals surface area contributed by atoms with Gasteiger partial charge in [0.15, 0.2) is 11.6 Å². The third-order valence-corrected chi connectivity index (χ3v) is 7.43. The highest BCUT2D eigenvalue weighted by atomic mass is 19.1. The lowest BCUT2D eigenvalue weighted by Crippen LogP contribution is -2.46. The first-order valence-corrected chi connectivity index (χ1v) is 13.6. The maximum atomic E-state index is 13.6. The average molecular weight is 526 g/mol. The Kier molecular flexibility index (Phi) is 7.42. The number of hydrogen-bond acceptors (Lipinski definition) is 7. The predicted molar refractivity (Wildman–Crippen MR) is 150 cm³/mol. The van der Waals surface area contributed by atoms with E-state index in [1.54, 1.807) is 23.0 Å². The van der Waals surface area contributed by atoms with Crippen molar-refractivity contribution in [3.63, 3.8) is 0 Å². The minimum Gasteiger partial charge on any atom is -0.349 e. The number of halogens is 1. The normalized spacial score (nSPS) is 18.7. The molecule has 1 saturated heterocycles. The Morgan fingerprint density at radius 1 is 1.00 bits per heavy atom. The van der Waals surface area contributed by atoms with E-state index in [1.165, 1.54) is 17.7 Å². The Bertz CT molecular complexity index is 1450. The summed E-state index contributed by atoms with van der Waals surface area (Å²) in [6.07, 6.45) is 8.05. The van der Waals surface area contributed by atoms with Crippen LogP contribution in [0.15, 0.2) is 78.0 Å². The molecule has 2 atom stereocenters. The van der Waals surface area contributed by atoms with Crippen molar-refractivity contribution in [3.05, 3.63) is 101 Å². The lowest BCUT2D eigenvalue weighted by atomic mass is 10.1. The van der Waals surface area contributed by atoms with Crippen LogP contribution in [0.4, 0.5) is 10.2 Å². The highest BCUT2D eigenvalue weighted by Crippen LogP contribution is 2.40. The fourth-order valence-corrected chi connectivity index (χ4v) is 5.20. The molecule has 1 saturated carbocycles. The molecule has 2 aliphatic rings. The van der Waals surface area contributed by atoms with Gasteiger partial charge in [-0.05, 0) is 73.8 Å². The molecule has 0 bridgehead atoms. The molecule has 0 amide bonds. The molecule has 2 aromatic heterocycles. The number of nitrogens with zero attached hydrogens (tertiary/aromatic N) is 5. The van der Waals surface area contributed by atoms with Gasteiger partial charge < -0.3 is 15.5 Å². The molecule has 2 aromatic carbocycles. The smallest absolute Gasteiger partial charge is 0.298 e. The minimum absolute atomic E-state index is 0.109. The van der Waals surface area contributed by atoms with Crippen LogP contribution < -0.4 is 21.1 Å². The predicted octanol–water partition coefficient (Wildman–Crippen LogP) is 3.32. The summed E-state index contributed by atoms with van der Waals surface area (Å²) in [5.41, 5.74) is 3.66. The highest BCUT2D eigenvalue weighted by Gasteiger charge is 2.37. The molecule has 8 nitrogen and oxygen atoms in total. The lowest BCUT2D eigenvalue weighted by Gasteiger charge is -2.28. The molecule has 1 aliphatic carbocycles. The molecule has 39 heavy (non-hydrogen) atoms. The van der Waals surface area contributed by atoms with Crippen LogP contribution in [0.3, 0.4) is 0 Å². The van der Waals surface area contributed by atoms with Gasteiger partial charge in [0.2, 0.25) is 0 Å². The van der Waals surface area contributed by atoms with Gasteiger partial charge in [-0.2, -0.15) is 0 Å². The molecule has 2 fully saturated rings. The van der Waals surface area contributed by atoms with E-state index in [4.69, 9.17) is 4.98 Å². The van der Waals surface area contributed by atoms with Crippen molar-refractivity contribution in [1.82, 2.24) is 30.2 Å². The van der Waals surface area contributed by atoms with E-state index in [0.29, 0.717) is 23.6 Å². The zero-order valence-electron chi connectivity index (χ0n) is 21.8. The Morgan fingerprint density at radius 3 is 2.49 bits per heavy atom. The highest BCUT2D eigenvalue weighted by molar-refractivity contribution is 5.57. The second kappa shape index (κ2) is 11.4. The van der Waals surface area contributed by atoms with E-state index in [1.807, 2.05) is 42.6 Å². The fourth-order valence-electron chi connectivity index (χ4n) is 5.20. The lowest BCUT2D eigenvalue weighted by molar-refractivity contribution is 0.579. The van der Waals surface area contributed by atoms with Crippen molar-refractivity contribution in [2.75, 3.05) is 37.6 Å². The Morgan fingerprint density at radius 2 is 1.74 bits per heavy atom. The first-order chi connectivity index (χ1) is 19.2. The van der Waals surface area contributed by atoms with E-state index < -0.39 is 0 Å². The summed E-state index contributed by atoms with van der Waals surface area (Å²) >= 11 is 0. The van der Waals surface area contributed by atoms with Gasteiger partial charge in [0.05, 0.1) is 5.69 Å². The average Bonchev–Trinajstić information content (AvgIpc) is 3.77. The van der Waals surface area contributed by atoms with E-state index in [2.05, 4.69) is 25.5 Å². The SMILES string of the molecule is O=c1c(N2CCNCC2)nc(CCCN[C@@H]2C[C@H]2c2ccc(F)cc2)cn1-c1ccc(-c2ncccn2)cc1. The number of aromatic nitrogens is 4. The zero-order valence-corrected chi connectivity index (χ0v) is 21.8. The summed E-state index contributed by atoms with van der Waals surface area (Å²) in [5.74, 6) is 1.42. The summed E-state index contributed by atoms with van der Waals surface area (Å²) < 4.78 is 14.9. The van der Waals surface area contributed by atoms with E-state index in [-0.39, 0.29) is 11.4 Å². The standard InChI is InChI=1S/C30H32FN7O/c31-23-8-4-21(5-9-23)26-19-27(26)33-12-1-3-24-20-38(30(39)29(36-24)37-17-15-32-16-18-37)25-10-6-22(7-11-25)28-34-13-2-14-35-28/h2,4-11,13-14,20,26-27,32-33H,1,3,12,15-19H2/t26-,27+/m0/s1. The minimum atomic E-state index is -0.195. The number of rotatable bonds is 9. The summed E-state index contributed by atoms with van der Waals surface area (Å²) in [6, 6.07) is 16.8. The topological polar surface area (TPSA) is 88.0 Å². The fraction of sp³-hybridized carbons (Fsp3) is 0.333. The van der Waals surface area contributed by atoms with Crippen molar-refractivity contribution in [1.29, 1.82) is 0 Å². The van der Waals surface area contributed by atoms with Crippen molar-refractivity contribution < 1.29 is 4.39 Å². The van der Waals surface area contributed by atoms with E-state index >= 15 is 0 Å². The van der Waals surface area contributed by atoms with Crippen LogP contribution in [0.2, 0.25) is 0 Å². The number of piperazine rings is 1. The van der Waals surface area contributed by atoms with Crippen LogP contribution in [-0.2, 0) is 6.42 Å². The molecule has 0 radical (unpaired) electrons. The van der Waals surface area contributed by atoms with Crippen LogP contribution in [0.5, 0.6) is 0 Å². The molecular weight excluding hydrogens is 493 g/mol. The van der Waals surface area contributed by atoms with Crippen LogP contribution in [0.1, 0.15) is 30.0 Å². The van der Waals surface area contributed by atoms with Gasteiger partial charge in [0, 0.05) is 68.0 Å². The monoisotopic (exact) mass is 525 g/mol. The summed E-state index contributed by atoms with van der Waals surface area (Å²) in [6.45, 7) is 4.03. The number of aryl methyl sites for hydroxylation is 1. The summed E-state index contributed by atoms with van der Waals surface area (Å²) in [7, 11) is 0. The zero-order chi connectivity index (χ0) is 26.6. The number of benzene rings is 2. The van der Waals surface area contributed by atoms with Crippen molar-refractivity contribution in [2.45, 2.75) is 31.2 Å². The van der Waals surface area contributed by atoms with Crippen LogP contribution in [-0.4, -0.2) is 58.3 Å². The van der Waals surface area contributed by atoms with Crippen molar-refractivity contribution in [3.8, 4) is 17.1 Å². The molecule has 2 N–H and O–H groups in total. The second-order valence-corrected chi connectivity index (χ2v) is 10.1. The van der Waals surface area contributed by atoms with Crippen molar-refractivity contribution >= 4 is 5.82 Å². The quantitative estimate of drug-likeness (QED) is 0.324. The first kappa shape index (κ1) is 25.3. The van der Waals surface area contributed by atoms with Crippen LogP contribution in [0.25, 0.3) is 17.1 Å². The summed E-state index contributed by atoms with van der Waals surface area (Å²) in [5, 5.41) is 6.97. The van der Waals surface area contributed by atoms with Crippen molar-refractivity contribution in [2.24, 2.45) is 0 Å². The molecule has 0 unspecified atom stereocenters. The molecular formula is C30H32FN7O. The van der Waals surface area contributed by atoms with Gasteiger partial charge >= 0.3 is 0 Å². The third-order valence-electron chi connectivity index (χ3n) is 7.43. The van der Waals surface area contributed by atoms with Gasteiger partial charge in [-0.25, -0.2) is 19.3 Å². The molecule has 9 heteroatoms. The molecule has 4 aromatic rings. The largest absolute Gasteiger partial charge is 0.349 e. The Balaban J connectivity index is 1.16. The first-order valence-electron chi connectivity index (χ1n) is 13.6. The number of hydrogen-bond donors (Lipinski definition) is 2. The van der Waals surface area contributed by atoms with Gasteiger partial charge in [-0.1, -0.05) is 12.1 Å². The third kappa shape index (κ3) is 5.89. The molecule has 3 heterocycles. The molecule has 1 aliphatic heterocycles. The second-order valence-electron chi connectivity index (χ2n) is 10.1. The van der Waals surface area contributed by atoms with Crippen LogP contribution in [0, 0.1) is 5.82 Å². The number of nitrogens with one attached hydrogen (secondary N) is 2. The van der Waals surface area contributed by atoms with E-state index in [0.717, 1.165) is 68.9 Å². The number of anilines is 1. The van der Waals surface area contributed by atoms with Gasteiger partial charge in [-0.15, -0.1) is 0 Å². The summed E-state index contributed by atoms with van der Waals surface area (Å²) in [4.78, 5) is 29.1. The van der Waals surface area contributed by atoms with E-state index in [9.17, 15) is 9.18 Å². The van der Waals surface area contributed by atoms with Crippen LogP contribution >= 0.6 is 0 Å². The maximum absolute atomic E-state index is 13.6. The Labute approximate surface area is 227 Å². The van der Waals surface area contributed by atoms with Gasteiger partial charge in [0.1, 0.15) is 5.82 Å². The Hall–Kier alpha value is -3.95. The molecule has 0 spiro atoms. The molecule has 200 valence electrons. The molecule has 6 rings (SSSR count).